The van der Waals surface area contributed by atoms with Gasteiger partial charge in [-0.2, -0.15) is 13.2 Å². The van der Waals surface area contributed by atoms with Gasteiger partial charge in [-0.05, 0) is 43.3 Å². The average Bonchev–Trinajstić information content (AvgIpc) is 2.62. The molecule has 1 amide bonds. The molecule has 11 heteroatoms. The van der Waals surface area contributed by atoms with Gasteiger partial charge in [-0.25, -0.2) is 8.42 Å². The number of carbonyl (C=O) groups is 1. The molecule has 2 N–H and O–H groups in total. The van der Waals surface area contributed by atoms with Crippen LogP contribution < -0.4 is 10.1 Å². The smallest absolute Gasteiger partial charge is 0.426 e. The second-order valence-corrected chi connectivity index (χ2v) is 8.21. The first-order chi connectivity index (χ1) is 12.8. The van der Waals surface area contributed by atoms with E-state index in [1.54, 1.807) is 6.07 Å². The summed E-state index contributed by atoms with van der Waals surface area (Å²) in [6.07, 6.45) is -5.21. The fourth-order valence-corrected chi connectivity index (χ4v) is 3.66. The Balaban J connectivity index is 2.35. The number of halogens is 4. The van der Waals surface area contributed by atoms with Crippen molar-refractivity contribution in [2.75, 3.05) is 12.4 Å². The third kappa shape index (κ3) is 4.23. The molecule has 1 atom stereocenters. The Labute approximate surface area is 163 Å². The van der Waals surface area contributed by atoms with Crippen LogP contribution in [0.15, 0.2) is 52.3 Å². The number of aliphatic hydroxyl groups is 1. The highest BCUT2D eigenvalue weighted by Gasteiger charge is 2.55. The van der Waals surface area contributed by atoms with E-state index in [-0.39, 0.29) is 27.4 Å². The molecule has 0 saturated heterocycles. The Bertz CT molecular complexity index is 1010. The van der Waals surface area contributed by atoms with Crippen LogP contribution in [-0.2, 0) is 14.6 Å². The average molecular weight is 438 g/mol. The van der Waals surface area contributed by atoms with Crippen molar-refractivity contribution in [3.63, 3.8) is 0 Å². The molecular formula is C17H15ClF3NO5S. The summed E-state index contributed by atoms with van der Waals surface area (Å²) in [5.41, 5.74) is -3.94. The molecule has 0 aliphatic heterocycles. The van der Waals surface area contributed by atoms with Crippen LogP contribution >= 0.6 is 11.6 Å². The molecular weight excluding hydrogens is 423 g/mol. The number of amides is 1. The summed E-state index contributed by atoms with van der Waals surface area (Å²) >= 11 is 5.92. The highest BCUT2D eigenvalue weighted by molar-refractivity contribution is 7.91. The van der Waals surface area contributed by atoms with Crippen molar-refractivity contribution in [3.05, 3.63) is 47.5 Å². The molecule has 0 radical (unpaired) electrons. The molecule has 6 nitrogen and oxygen atoms in total. The van der Waals surface area contributed by atoms with Gasteiger partial charge in [0.25, 0.3) is 5.91 Å². The Morgan fingerprint density at radius 2 is 1.75 bits per heavy atom. The molecule has 28 heavy (non-hydrogen) atoms. The van der Waals surface area contributed by atoms with Crippen molar-refractivity contribution in [2.45, 2.75) is 28.5 Å². The van der Waals surface area contributed by atoms with Crippen LogP contribution in [0.5, 0.6) is 5.75 Å². The molecule has 0 heterocycles. The molecule has 0 fully saturated rings. The van der Waals surface area contributed by atoms with E-state index in [2.05, 4.69) is 0 Å². The third-order valence-corrected chi connectivity index (χ3v) is 5.91. The van der Waals surface area contributed by atoms with Crippen molar-refractivity contribution in [1.29, 1.82) is 0 Å². The lowest BCUT2D eigenvalue weighted by atomic mass is 10.1. The number of nitrogens with one attached hydrogen (secondary N) is 1. The van der Waals surface area contributed by atoms with Gasteiger partial charge in [0.2, 0.25) is 15.4 Å². The summed E-state index contributed by atoms with van der Waals surface area (Å²) < 4.78 is 68.5. The zero-order valence-electron chi connectivity index (χ0n) is 14.5. The molecule has 0 spiro atoms. The summed E-state index contributed by atoms with van der Waals surface area (Å²) in [6, 6.07) is 8.73. The highest BCUT2D eigenvalue weighted by Crippen LogP contribution is 2.33. The predicted octanol–water partition coefficient (Wildman–Crippen LogP) is 3.43. The van der Waals surface area contributed by atoms with Crippen LogP contribution in [0.1, 0.15) is 6.92 Å². The normalized spacial score (nSPS) is 14.2. The van der Waals surface area contributed by atoms with Gasteiger partial charge < -0.3 is 15.2 Å². The van der Waals surface area contributed by atoms with Crippen molar-refractivity contribution in [1.82, 2.24) is 0 Å². The molecule has 1 unspecified atom stereocenters. The van der Waals surface area contributed by atoms with Crippen LogP contribution in [0.3, 0.4) is 0 Å². The zero-order valence-corrected chi connectivity index (χ0v) is 16.1. The van der Waals surface area contributed by atoms with Gasteiger partial charge in [0.1, 0.15) is 5.75 Å². The lowest BCUT2D eigenvalue weighted by Crippen LogP contribution is -2.52. The maximum absolute atomic E-state index is 12.7. The van der Waals surface area contributed by atoms with E-state index in [4.69, 9.17) is 16.3 Å². The zero-order chi connectivity index (χ0) is 21.3. The molecule has 2 rings (SSSR count). The van der Waals surface area contributed by atoms with E-state index < -0.39 is 27.5 Å². The molecule has 2 aromatic rings. The van der Waals surface area contributed by atoms with Gasteiger partial charge in [-0.3, -0.25) is 4.79 Å². The molecule has 0 aliphatic carbocycles. The largest absolute Gasteiger partial charge is 0.497 e. The first-order valence-electron chi connectivity index (χ1n) is 7.60. The number of ether oxygens (including phenoxy) is 1. The van der Waals surface area contributed by atoms with Crippen LogP contribution in [-0.4, -0.2) is 38.3 Å². The number of carbonyl (C=O) groups excluding carboxylic acids is 1. The summed E-state index contributed by atoms with van der Waals surface area (Å²) in [5, 5.41) is 10.9. The van der Waals surface area contributed by atoms with Gasteiger partial charge in [-0.1, -0.05) is 17.7 Å². The predicted molar refractivity (Wildman–Crippen MR) is 95.2 cm³/mol. The van der Waals surface area contributed by atoms with Crippen LogP contribution in [0.25, 0.3) is 0 Å². The number of methoxy groups -OCH3 is 1. The number of alkyl halides is 3. The van der Waals surface area contributed by atoms with Gasteiger partial charge in [0, 0.05) is 0 Å². The van der Waals surface area contributed by atoms with Gasteiger partial charge in [0.15, 0.2) is 0 Å². The number of rotatable bonds is 5. The topological polar surface area (TPSA) is 92.7 Å². The van der Waals surface area contributed by atoms with Gasteiger partial charge in [0.05, 0.1) is 27.6 Å². The third-order valence-electron chi connectivity index (χ3n) is 3.84. The number of hydrogen-bond donors (Lipinski definition) is 2. The quantitative estimate of drug-likeness (QED) is 0.747. The highest BCUT2D eigenvalue weighted by atomic mass is 35.5. The summed E-state index contributed by atoms with van der Waals surface area (Å²) in [4.78, 5) is 11.4. The van der Waals surface area contributed by atoms with Crippen molar-refractivity contribution in [3.8, 4) is 5.75 Å². The molecule has 2 aromatic carbocycles. The molecule has 152 valence electrons. The van der Waals surface area contributed by atoms with Gasteiger partial charge in [-0.15, -0.1) is 0 Å². The van der Waals surface area contributed by atoms with E-state index in [1.165, 1.54) is 25.3 Å². The Morgan fingerprint density at radius 1 is 1.14 bits per heavy atom. The fraction of sp³-hybridized carbons (Fsp3) is 0.235. The summed E-state index contributed by atoms with van der Waals surface area (Å²) in [6.45, 7) is 0.290. The van der Waals surface area contributed by atoms with Gasteiger partial charge >= 0.3 is 6.18 Å². The van der Waals surface area contributed by atoms with Crippen LogP contribution in [0.4, 0.5) is 18.9 Å². The fourth-order valence-electron chi connectivity index (χ4n) is 2.04. The molecule has 0 aromatic heterocycles. The van der Waals surface area contributed by atoms with E-state index >= 15 is 0 Å². The number of anilines is 1. The van der Waals surface area contributed by atoms with Crippen molar-refractivity contribution in [2.24, 2.45) is 0 Å². The second-order valence-electron chi connectivity index (χ2n) is 5.85. The number of benzene rings is 2. The van der Waals surface area contributed by atoms with E-state index in [1.807, 2.05) is 5.32 Å². The van der Waals surface area contributed by atoms with E-state index in [0.29, 0.717) is 5.75 Å². The van der Waals surface area contributed by atoms with E-state index in [9.17, 15) is 31.5 Å². The first kappa shape index (κ1) is 22.0. The number of sulfone groups is 1. The maximum atomic E-state index is 12.7. The van der Waals surface area contributed by atoms with Crippen LogP contribution in [0.2, 0.25) is 5.02 Å². The Kier molecular flexibility index (Phi) is 5.98. The summed E-state index contributed by atoms with van der Waals surface area (Å²) in [7, 11) is -2.63. The molecule has 0 aliphatic rings. The first-order valence-corrected chi connectivity index (χ1v) is 9.46. The minimum Gasteiger partial charge on any atom is -0.497 e. The molecule has 0 saturated carbocycles. The SMILES string of the molecule is COc1cccc(S(=O)(=O)c2ccc(NC(=O)C(C)(O)C(F)(F)F)c(Cl)c2)c1. The standard InChI is InChI=1S/C17H15ClF3NO5S/c1-16(24,17(19,20)21)15(23)22-14-7-6-12(9-13(14)18)28(25,26)11-5-3-4-10(8-11)27-2/h3-9,24H,1-2H3,(H,22,23). The Morgan fingerprint density at radius 3 is 2.29 bits per heavy atom. The lowest BCUT2D eigenvalue weighted by molar-refractivity contribution is -0.242. The van der Waals surface area contributed by atoms with Crippen molar-refractivity contribution >= 4 is 33.0 Å². The van der Waals surface area contributed by atoms with E-state index in [0.717, 1.165) is 18.2 Å². The minimum atomic E-state index is -5.21. The number of hydrogen-bond acceptors (Lipinski definition) is 5. The second kappa shape index (κ2) is 7.61. The molecule has 0 bridgehead atoms. The summed E-state index contributed by atoms with van der Waals surface area (Å²) in [5.74, 6) is -1.45. The maximum Gasteiger partial charge on any atom is 0.426 e. The van der Waals surface area contributed by atoms with Crippen LogP contribution in [0, 0.1) is 0 Å². The van der Waals surface area contributed by atoms with Crippen molar-refractivity contribution < 1.29 is 36.2 Å². The Hall–Kier alpha value is -2.30. The monoisotopic (exact) mass is 437 g/mol. The lowest BCUT2D eigenvalue weighted by Gasteiger charge is -2.25. The minimum absolute atomic E-state index is 0.0836.